The molecule has 0 aromatic carbocycles. The van der Waals surface area contributed by atoms with Gasteiger partial charge in [-0.1, -0.05) is 19.8 Å². The second kappa shape index (κ2) is 3.42. The molecule has 0 unspecified atom stereocenters. The van der Waals surface area contributed by atoms with Crippen molar-refractivity contribution in [3.8, 4) is 0 Å². The maximum absolute atomic E-state index is 11.1. The highest BCUT2D eigenvalue weighted by atomic mass is 16.4. The molecule has 2 heterocycles. The molecule has 14 heavy (non-hydrogen) atoms. The molecule has 2 aliphatic heterocycles. The van der Waals surface area contributed by atoms with Gasteiger partial charge in [0.05, 0.1) is 5.54 Å². The van der Waals surface area contributed by atoms with E-state index in [-0.39, 0.29) is 5.54 Å². The van der Waals surface area contributed by atoms with Gasteiger partial charge in [0.25, 0.3) is 0 Å². The Hall–Kier alpha value is -0.770. The van der Waals surface area contributed by atoms with Crippen molar-refractivity contribution in [1.82, 2.24) is 10.2 Å². The van der Waals surface area contributed by atoms with Crippen LogP contribution in [-0.4, -0.2) is 40.8 Å². The third kappa shape index (κ3) is 1.38. The van der Waals surface area contributed by atoms with Crippen molar-refractivity contribution in [3.05, 3.63) is 0 Å². The Morgan fingerprint density at radius 1 is 1.71 bits per heavy atom. The number of carbonyl (C=O) groups is 1. The Labute approximate surface area is 84.3 Å². The third-order valence-corrected chi connectivity index (χ3v) is 3.55. The van der Waals surface area contributed by atoms with E-state index in [1.807, 2.05) is 0 Å². The quantitative estimate of drug-likeness (QED) is 0.718. The first-order chi connectivity index (χ1) is 6.68. The fourth-order valence-electron chi connectivity index (χ4n) is 2.80. The molecule has 1 amide bonds. The first kappa shape index (κ1) is 9.77. The van der Waals surface area contributed by atoms with Crippen LogP contribution in [0.25, 0.3) is 0 Å². The van der Waals surface area contributed by atoms with E-state index in [4.69, 9.17) is 5.11 Å². The summed E-state index contributed by atoms with van der Waals surface area (Å²) in [7, 11) is 0. The minimum absolute atomic E-state index is 0.0769. The average molecular weight is 198 g/mol. The summed E-state index contributed by atoms with van der Waals surface area (Å²) in [6.45, 7) is 3.68. The smallest absolute Gasteiger partial charge is 0.407 e. The van der Waals surface area contributed by atoms with Crippen LogP contribution in [0.3, 0.4) is 0 Å². The number of rotatable bonds is 3. The van der Waals surface area contributed by atoms with E-state index in [1.165, 1.54) is 0 Å². The number of fused-ring (bicyclic) bond motifs is 2. The lowest BCUT2D eigenvalue weighted by Crippen LogP contribution is -2.54. The normalized spacial score (nSPS) is 35.2. The van der Waals surface area contributed by atoms with Crippen molar-refractivity contribution < 1.29 is 9.90 Å². The largest absolute Gasteiger partial charge is 0.465 e. The van der Waals surface area contributed by atoms with Gasteiger partial charge in [-0.05, 0) is 12.8 Å². The van der Waals surface area contributed by atoms with Crippen molar-refractivity contribution >= 4 is 6.09 Å². The van der Waals surface area contributed by atoms with E-state index in [9.17, 15) is 4.79 Å². The molecule has 2 N–H and O–H groups in total. The molecule has 2 bridgehead atoms. The third-order valence-electron chi connectivity index (χ3n) is 3.55. The van der Waals surface area contributed by atoms with E-state index in [0.29, 0.717) is 12.6 Å². The van der Waals surface area contributed by atoms with Gasteiger partial charge in [-0.15, -0.1) is 0 Å². The maximum Gasteiger partial charge on any atom is 0.407 e. The number of nitrogens with one attached hydrogen (secondary N) is 1. The minimum Gasteiger partial charge on any atom is -0.465 e. The van der Waals surface area contributed by atoms with Crippen LogP contribution < -0.4 is 5.32 Å². The van der Waals surface area contributed by atoms with Crippen LogP contribution in [0, 0.1) is 0 Å². The van der Waals surface area contributed by atoms with Crippen molar-refractivity contribution in [2.75, 3.05) is 13.1 Å². The number of unbranched alkanes of at least 4 members (excludes halogenated alkanes) is 1. The molecule has 0 radical (unpaired) electrons. The predicted octanol–water partition coefficient (Wildman–Crippen LogP) is 1.27. The van der Waals surface area contributed by atoms with Crippen LogP contribution in [0.15, 0.2) is 0 Å². The maximum atomic E-state index is 11.1. The Morgan fingerprint density at radius 3 is 3.07 bits per heavy atom. The van der Waals surface area contributed by atoms with Crippen molar-refractivity contribution in [2.24, 2.45) is 0 Å². The molecule has 80 valence electrons. The summed E-state index contributed by atoms with van der Waals surface area (Å²) in [5.74, 6) is 0. The lowest BCUT2D eigenvalue weighted by Gasteiger charge is -2.36. The number of piperazine rings is 1. The van der Waals surface area contributed by atoms with E-state index in [1.54, 1.807) is 4.90 Å². The summed E-state index contributed by atoms with van der Waals surface area (Å²) in [5, 5.41) is 12.5. The van der Waals surface area contributed by atoms with E-state index in [2.05, 4.69) is 12.2 Å². The molecule has 0 aromatic heterocycles. The van der Waals surface area contributed by atoms with Gasteiger partial charge >= 0.3 is 6.09 Å². The zero-order valence-corrected chi connectivity index (χ0v) is 8.62. The number of hydrogen-bond donors (Lipinski definition) is 2. The van der Waals surface area contributed by atoms with E-state index in [0.717, 1.165) is 32.2 Å². The van der Waals surface area contributed by atoms with Crippen LogP contribution in [0.2, 0.25) is 0 Å². The highest BCUT2D eigenvalue weighted by Gasteiger charge is 2.52. The van der Waals surface area contributed by atoms with Crippen LogP contribution in [-0.2, 0) is 0 Å². The summed E-state index contributed by atoms with van der Waals surface area (Å²) < 4.78 is 0. The fourth-order valence-corrected chi connectivity index (χ4v) is 2.80. The van der Waals surface area contributed by atoms with Crippen LogP contribution >= 0.6 is 0 Å². The second-order valence-electron chi connectivity index (χ2n) is 4.50. The van der Waals surface area contributed by atoms with Gasteiger partial charge in [0.15, 0.2) is 0 Å². The Balaban J connectivity index is 2.09. The highest BCUT2D eigenvalue weighted by Crippen LogP contribution is 2.38. The number of carboxylic acid groups (broad SMARTS) is 1. The van der Waals surface area contributed by atoms with Gasteiger partial charge in [-0.2, -0.15) is 0 Å². The van der Waals surface area contributed by atoms with Gasteiger partial charge < -0.3 is 10.4 Å². The minimum atomic E-state index is -0.745. The summed E-state index contributed by atoms with van der Waals surface area (Å²) in [6, 6.07) is 0.406. The van der Waals surface area contributed by atoms with Gasteiger partial charge in [-0.3, -0.25) is 4.90 Å². The molecular formula is C10H18N2O2. The molecule has 2 saturated heterocycles. The summed E-state index contributed by atoms with van der Waals surface area (Å²) in [6.07, 6.45) is 3.54. The molecule has 2 fully saturated rings. The SMILES string of the molecule is CCCC[C@]12CN[C@H](CN1C(=O)O)C2. The molecule has 4 heteroatoms. The molecular weight excluding hydrogens is 180 g/mol. The molecule has 2 aliphatic rings. The van der Waals surface area contributed by atoms with Crippen LogP contribution in [0.1, 0.15) is 32.6 Å². The zero-order chi connectivity index (χ0) is 10.2. The van der Waals surface area contributed by atoms with Crippen LogP contribution in [0.4, 0.5) is 4.79 Å². The van der Waals surface area contributed by atoms with Gasteiger partial charge in [0, 0.05) is 19.1 Å². The summed E-state index contributed by atoms with van der Waals surface area (Å²) in [5.41, 5.74) is -0.0769. The molecule has 0 spiro atoms. The number of nitrogens with zero attached hydrogens (tertiary/aromatic N) is 1. The van der Waals surface area contributed by atoms with E-state index >= 15 is 0 Å². The molecule has 2 atom stereocenters. The zero-order valence-electron chi connectivity index (χ0n) is 8.62. The topological polar surface area (TPSA) is 52.6 Å². The average Bonchev–Trinajstić information content (AvgIpc) is 2.71. The summed E-state index contributed by atoms with van der Waals surface area (Å²) in [4.78, 5) is 12.7. The number of amides is 1. The number of likely N-dealkylation sites (tertiary alicyclic amines) is 1. The van der Waals surface area contributed by atoms with Crippen molar-refractivity contribution in [2.45, 2.75) is 44.2 Å². The predicted molar refractivity (Wildman–Crippen MR) is 53.4 cm³/mol. The summed E-state index contributed by atoms with van der Waals surface area (Å²) >= 11 is 0. The van der Waals surface area contributed by atoms with E-state index < -0.39 is 6.09 Å². The lowest BCUT2D eigenvalue weighted by atomic mass is 9.92. The standard InChI is InChI=1S/C10H18N2O2/c1-2-3-4-10-5-8(11-7-10)6-12(10)9(13)14/h8,11H,2-7H2,1H3,(H,13,14)/t8-,10-/m0/s1. The molecule has 0 aromatic rings. The fraction of sp³-hybridized carbons (Fsp3) is 0.900. The highest BCUT2D eigenvalue weighted by molar-refractivity contribution is 5.67. The van der Waals surface area contributed by atoms with Gasteiger partial charge in [-0.25, -0.2) is 4.79 Å². The van der Waals surface area contributed by atoms with Gasteiger partial charge in [0.2, 0.25) is 0 Å². The van der Waals surface area contributed by atoms with Gasteiger partial charge in [0.1, 0.15) is 0 Å². The second-order valence-corrected chi connectivity index (χ2v) is 4.50. The lowest BCUT2D eigenvalue weighted by molar-refractivity contribution is 0.0908. The first-order valence-corrected chi connectivity index (χ1v) is 5.42. The molecule has 0 aliphatic carbocycles. The van der Waals surface area contributed by atoms with Crippen molar-refractivity contribution in [3.63, 3.8) is 0 Å². The Bertz CT molecular complexity index is 244. The van der Waals surface area contributed by atoms with Crippen LogP contribution in [0.5, 0.6) is 0 Å². The van der Waals surface area contributed by atoms with Crippen molar-refractivity contribution in [1.29, 1.82) is 0 Å². The number of hydrogen-bond acceptors (Lipinski definition) is 2. The Kier molecular flexibility index (Phi) is 2.39. The molecule has 4 nitrogen and oxygen atoms in total. The first-order valence-electron chi connectivity index (χ1n) is 5.42. The molecule has 2 rings (SSSR count). The molecule has 0 saturated carbocycles. The Morgan fingerprint density at radius 2 is 2.50 bits per heavy atom. The monoisotopic (exact) mass is 198 g/mol.